The summed E-state index contributed by atoms with van der Waals surface area (Å²) in [4.78, 5) is 10.1. The summed E-state index contributed by atoms with van der Waals surface area (Å²) < 4.78 is 0. The minimum Gasteiger partial charge on any atom is -0.258 e. The number of nitro groups is 1. The summed E-state index contributed by atoms with van der Waals surface area (Å²) in [5.74, 6) is 5.16. The molecule has 6 heteroatoms. The van der Waals surface area contributed by atoms with Crippen LogP contribution in [0.25, 0.3) is 0 Å². The Balaban J connectivity index is 3.34. The zero-order valence-corrected chi connectivity index (χ0v) is 9.53. The molecule has 0 aliphatic carbocycles. The molecule has 0 N–H and O–H groups in total. The van der Waals surface area contributed by atoms with Crippen LogP contribution in [-0.2, 0) is 0 Å². The minimum absolute atomic E-state index is 0.0946. The highest BCUT2D eigenvalue weighted by Gasteiger charge is 2.15. The molecule has 0 amide bonds. The first-order valence-corrected chi connectivity index (χ1v) is 5.03. The Morgan fingerprint density at radius 3 is 2.47 bits per heavy atom. The Bertz CT molecular complexity index is 462. The number of alkyl halides is 1. The summed E-state index contributed by atoms with van der Waals surface area (Å²) in [5, 5.41) is 11.0. The fourth-order valence-electron chi connectivity index (χ4n) is 0.916. The molecular weight excluding hydrogens is 260 g/mol. The molecule has 0 saturated carbocycles. The van der Waals surface area contributed by atoms with Crippen molar-refractivity contribution in [3.8, 4) is 11.8 Å². The largest absolute Gasteiger partial charge is 0.286 e. The van der Waals surface area contributed by atoms with E-state index in [0.29, 0.717) is 0 Å². The summed E-state index contributed by atoms with van der Waals surface area (Å²) in [5.41, 5.74) is 0.0251. The van der Waals surface area contributed by atoms with Crippen molar-refractivity contribution in [2.45, 2.75) is 0 Å². The van der Waals surface area contributed by atoms with Gasteiger partial charge in [0.25, 0.3) is 5.69 Å². The summed E-state index contributed by atoms with van der Waals surface area (Å²) in [6.07, 6.45) is 0. The molecule has 0 radical (unpaired) electrons. The number of rotatable bonds is 1. The molecule has 0 unspecified atom stereocenters. The second kappa shape index (κ2) is 5.22. The van der Waals surface area contributed by atoms with Crippen LogP contribution in [0.5, 0.6) is 0 Å². The molecule has 0 atom stereocenters. The van der Waals surface area contributed by atoms with Crippen LogP contribution < -0.4 is 0 Å². The van der Waals surface area contributed by atoms with Crippen molar-refractivity contribution in [3.05, 3.63) is 37.9 Å². The summed E-state index contributed by atoms with van der Waals surface area (Å²) >= 11 is 16.7. The molecule has 1 aromatic rings. The van der Waals surface area contributed by atoms with Crippen molar-refractivity contribution in [1.29, 1.82) is 0 Å². The molecule has 0 aliphatic rings. The highest BCUT2D eigenvalue weighted by atomic mass is 35.5. The average Bonchev–Trinajstić information content (AvgIpc) is 2.19. The van der Waals surface area contributed by atoms with Crippen LogP contribution in [-0.4, -0.2) is 10.8 Å². The van der Waals surface area contributed by atoms with E-state index in [9.17, 15) is 10.1 Å². The molecule has 15 heavy (non-hydrogen) atoms. The van der Waals surface area contributed by atoms with Crippen molar-refractivity contribution < 1.29 is 4.92 Å². The fourth-order valence-corrected chi connectivity index (χ4v) is 1.30. The maximum Gasteiger partial charge on any atom is 0.286 e. The van der Waals surface area contributed by atoms with E-state index in [0.717, 1.165) is 0 Å². The van der Waals surface area contributed by atoms with Gasteiger partial charge in [-0.05, 0) is 6.07 Å². The SMILES string of the molecule is O=[N+]([O-])c1cc(Cl)c(Cl)cc1C#CCCl. The van der Waals surface area contributed by atoms with Crippen molar-refractivity contribution in [2.75, 3.05) is 5.88 Å². The smallest absolute Gasteiger partial charge is 0.258 e. The average molecular weight is 264 g/mol. The van der Waals surface area contributed by atoms with Gasteiger partial charge in [-0.2, -0.15) is 0 Å². The van der Waals surface area contributed by atoms with E-state index < -0.39 is 4.92 Å². The molecule has 0 fully saturated rings. The van der Waals surface area contributed by atoms with Gasteiger partial charge >= 0.3 is 0 Å². The minimum atomic E-state index is -0.569. The van der Waals surface area contributed by atoms with Gasteiger partial charge in [-0.1, -0.05) is 35.0 Å². The summed E-state index contributed by atoms with van der Waals surface area (Å²) in [6.45, 7) is 0. The lowest BCUT2D eigenvalue weighted by Crippen LogP contribution is -1.92. The predicted octanol–water partition coefficient (Wildman–Crippen LogP) is 3.49. The van der Waals surface area contributed by atoms with Crippen LogP contribution in [0.2, 0.25) is 10.0 Å². The van der Waals surface area contributed by atoms with Gasteiger partial charge in [0.05, 0.1) is 20.8 Å². The highest BCUT2D eigenvalue weighted by molar-refractivity contribution is 6.42. The summed E-state index contributed by atoms with van der Waals surface area (Å²) in [6, 6.07) is 2.52. The van der Waals surface area contributed by atoms with Crippen LogP contribution in [0.1, 0.15) is 5.56 Å². The molecule has 0 aromatic heterocycles. The molecular formula is C9H4Cl3NO2. The predicted molar refractivity (Wildman–Crippen MR) is 60.7 cm³/mol. The lowest BCUT2D eigenvalue weighted by Gasteiger charge is -1.98. The Labute approximate surface area is 101 Å². The van der Waals surface area contributed by atoms with Crippen molar-refractivity contribution in [2.24, 2.45) is 0 Å². The third kappa shape index (κ3) is 3.00. The number of hydrogen-bond acceptors (Lipinski definition) is 2. The van der Waals surface area contributed by atoms with Gasteiger partial charge in [0.1, 0.15) is 5.56 Å². The lowest BCUT2D eigenvalue weighted by atomic mass is 10.2. The van der Waals surface area contributed by atoms with Crippen LogP contribution in [0.15, 0.2) is 12.1 Å². The first kappa shape index (κ1) is 12.1. The molecule has 1 aromatic carbocycles. The van der Waals surface area contributed by atoms with Gasteiger partial charge in [0.2, 0.25) is 0 Å². The molecule has 3 nitrogen and oxygen atoms in total. The number of nitrogens with zero attached hydrogens (tertiary/aromatic N) is 1. The van der Waals surface area contributed by atoms with Crippen LogP contribution in [0.4, 0.5) is 5.69 Å². The standard InChI is InChI=1S/C9H4Cl3NO2/c10-3-1-2-6-4-7(11)8(12)5-9(6)13(14)15/h4-5H,3H2. The fraction of sp³-hybridized carbons (Fsp3) is 0.111. The number of halogens is 3. The highest BCUT2D eigenvalue weighted by Crippen LogP contribution is 2.29. The van der Waals surface area contributed by atoms with Gasteiger partial charge in [-0.25, -0.2) is 0 Å². The normalized spacial score (nSPS) is 9.27. The second-order valence-corrected chi connectivity index (χ2v) is 3.56. The Morgan fingerprint density at radius 2 is 1.93 bits per heavy atom. The van der Waals surface area contributed by atoms with Crippen molar-refractivity contribution >= 4 is 40.5 Å². The van der Waals surface area contributed by atoms with Crippen LogP contribution >= 0.6 is 34.8 Å². The maximum atomic E-state index is 10.7. The molecule has 0 bridgehead atoms. The van der Waals surface area contributed by atoms with E-state index in [-0.39, 0.29) is 27.2 Å². The van der Waals surface area contributed by atoms with E-state index in [2.05, 4.69) is 11.8 Å². The second-order valence-electron chi connectivity index (χ2n) is 2.48. The zero-order chi connectivity index (χ0) is 11.4. The Kier molecular flexibility index (Phi) is 4.22. The molecule has 78 valence electrons. The number of benzene rings is 1. The first-order valence-electron chi connectivity index (χ1n) is 3.74. The quantitative estimate of drug-likeness (QED) is 0.337. The summed E-state index contributed by atoms with van der Waals surface area (Å²) in [7, 11) is 0. The monoisotopic (exact) mass is 263 g/mol. The van der Waals surface area contributed by atoms with E-state index in [4.69, 9.17) is 34.8 Å². The molecule has 0 heterocycles. The molecule has 0 aliphatic heterocycles. The van der Waals surface area contributed by atoms with Gasteiger partial charge in [0.15, 0.2) is 0 Å². The van der Waals surface area contributed by atoms with Gasteiger partial charge in [-0.3, -0.25) is 10.1 Å². The third-order valence-corrected chi connectivity index (χ3v) is 2.38. The first-order chi connectivity index (χ1) is 7.06. The Hall–Kier alpha value is -0.950. The van der Waals surface area contributed by atoms with Crippen LogP contribution in [0, 0.1) is 22.0 Å². The maximum absolute atomic E-state index is 10.7. The molecule has 0 spiro atoms. The van der Waals surface area contributed by atoms with Gasteiger partial charge in [-0.15, -0.1) is 11.6 Å². The number of nitro benzene ring substituents is 1. The third-order valence-electron chi connectivity index (χ3n) is 1.53. The van der Waals surface area contributed by atoms with Gasteiger partial charge in [0, 0.05) is 6.07 Å². The molecule has 0 saturated heterocycles. The van der Waals surface area contributed by atoms with E-state index in [1.165, 1.54) is 12.1 Å². The van der Waals surface area contributed by atoms with E-state index >= 15 is 0 Å². The zero-order valence-electron chi connectivity index (χ0n) is 7.26. The molecule has 1 rings (SSSR count). The number of hydrogen-bond donors (Lipinski definition) is 0. The Morgan fingerprint density at radius 1 is 1.33 bits per heavy atom. The van der Waals surface area contributed by atoms with Crippen molar-refractivity contribution in [3.63, 3.8) is 0 Å². The van der Waals surface area contributed by atoms with Crippen molar-refractivity contribution in [1.82, 2.24) is 0 Å². The van der Waals surface area contributed by atoms with E-state index in [1.54, 1.807) is 0 Å². The van der Waals surface area contributed by atoms with Gasteiger partial charge < -0.3 is 0 Å². The lowest BCUT2D eigenvalue weighted by molar-refractivity contribution is -0.385. The topological polar surface area (TPSA) is 43.1 Å². The van der Waals surface area contributed by atoms with E-state index in [1.807, 2.05) is 0 Å². The van der Waals surface area contributed by atoms with Crippen LogP contribution in [0.3, 0.4) is 0 Å².